The average molecular weight is 471 g/mol. The van der Waals surface area contributed by atoms with Crippen LogP contribution in [0.25, 0.3) is 28.3 Å². The number of benzene rings is 2. The monoisotopic (exact) mass is 470 g/mol. The fourth-order valence-electron chi connectivity index (χ4n) is 3.72. The van der Waals surface area contributed by atoms with Gasteiger partial charge in [-0.25, -0.2) is 9.07 Å². The predicted octanol–water partition coefficient (Wildman–Crippen LogP) is 5.24. The molecule has 1 aliphatic rings. The maximum absolute atomic E-state index is 13.8. The van der Waals surface area contributed by atoms with Crippen LogP contribution in [-0.4, -0.2) is 27.3 Å². The van der Waals surface area contributed by atoms with Crippen molar-refractivity contribution in [3.05, 3.63) is 82.8 Å². The highest BCUT2D eigenvalue weighted by atomic mass is 35.5. The molecule has 0 saturated carbocycles. The summed E-state index contributed by atoms with van der Waals surface area (Å²) in [5.41, 5.74) is 3.62. The molecular formula is C23H14ClF3N4O2. The van der Waals surface area contributed by atoms with E-state index in [4.69, 9.17) is 11.6 Å². The van der Waals surface area contributed by atoms with E-state index >= 15 is 0 Å². The zero-order valence-electron chi connectivity index (χ0n) is 16.7. The van der Waals surface area contributed by atoms with E-state index < -0.39 is 12.4 Å². The van der Waals surface area contributed by atoms with Gasteiger partial charge in [-0.1, -0.05) is 23.7 Å². The van der Waals surface area contributed by atoms with Crippen LogP contribution >= 0.6 is 11.6 Å². The molecule has 0 unspecified atom stereocenters. The molecule has 0 radical (unpaired) electrons. The first-order valence-electron chi connectivity index (χ1n) is 9.78. The van der Waals surface area contributed by atoms with Gasteiger partial charge in [0.25, 0.3) is 5.91 Å². The number of rotatable bonds is 5. The molecule has 5 rings (SSSR count). The van der Waals surface area contributed by atoms with Gasteiger partial charge in [-0.3, -0.25) is 9.78 Å². The molecule has 0 atom stereocenters. The third-order valence-corrected chi connectivity index (χ3v) is 5.47. The van der Waals surface area contributed by atoms with Gasteiger partial charge in [0.05, 0.1) is 22.1 Å². The summed E-state index contributed by atoms with van der Waals surface area (Å²) in [7, 11) is 0. The first-order chi connectivity index (χ1) is 15.9. The predicted molar refractivity (Wildman–Crippen MR) is 115 cm³/mol. The number of nitrogens with zero attached hydrogens (tertiary/aromatic N) is 3. The summed E-state index contributed by atoms with van der Waals surface area (Å²) in [4.78, 5) is 16.5. The van der Waals surface area contributed by atoms with Gasteiger partial charge in [-0.2, -0.15) is 13.9 Å². The third kappa shape index (κ3) is 3.91. The van der Waals surface area contributed by atoms with Gasteiger partial charge in [0.2, 0.25) is 0 Å². The number of aromatic nitrogens is 3. The van der Waals surface area contributed by atoms with E-state index in [2.05, 4.69) is 20.1 Å². The van der Waals surface area contributed by atoms with Gasteiger partial charge in [0.1, 0.15) is 17.3 Å². The Morgan fingerprint density at radius 1 is 1.12 bits per heavy atom. The molecule has 0 fully saturated rings. The highest BCUT2D eigenvalue weighted by molar-refractivity contribution is 6.30. The number of hydrogen-bond donors (Lipinski definition) is 1. The van der Waals surface area contributed by atoms with Crippen molar-refractivity contribution in [3.63, 3.8) is 0 Å². The molecule has 2 aromatic carbocycles. The van der Waals surface area contributed by atoms with Gasteiger partial charge >= 0.3 is 6.61 Å². The second kappa shape index (κ2) is 8.25. The van der Waals surface area contributed by atoms with Crippen LogP contribution in [0.3, 0.4) is 0 Å². The Hall–Kier alpha value is -3.85. The summed E-state index contributed by atoms with van der Waals surface area (Å²) in [5.74, 6) is -0.813. The summed E-state index contributed by atoms with van der Waals surface area (Å²) in [6.07, 6.45) is 1.52. The quantitative estimate of drug-likeness (QED) is 0.433. The van der Waals surface area contributed by atoms with Gasteiger partial charge in [0.15, 0.2) is 0 Å². The minimum atomic E-state index is -2.97. The molecule has 0 aliphatic carbocycles. The second-order valence-electron chi connectivity index (χ2n) is 7.20. The van der Waals surface area contributed by atoms with Crippen LogP contribution in [0.5, 0.6) is 5.75 Å². The fraction of sp³-hybridized carbons (Fsp3) is 0.0870. The highest BCUT2D eigenvalue weighted by Gasteiger charge is 2.25. The number of amides is 1. The normalized spacial score (nSPS) is 12.7. The molecule has 0 spiro atoms. The number of hydrogen-bond acceptors (Lipinski definition) is 4. The molecule has 1 N–H and O–H groups in total. The SMILES string of the molecule is O=C1NCc2c1ccnc2-c1cc(-c2cccc(OC(F)F)c2)n(-c2ccc(F)c(Cl)c2)n1. The zero-order chi connectivity index (χ0) is 23.1. The largest absolute Gasteiger partial charge is 0.435 e. The Morgan fingerprint density at radius 3 is 2.76 bits per heavy atom. The molecule has 4 aromatic rings. The average Bonchev–Trinajstić information content (AvgIpc) is 3.40. The summed E-state index contributed by atoms with van der Waals surface area (Å²) < 4.78 is 45.3. The molecule has 0 bridgehead atoms. The van der Waals surface area contributed by atoms with E-state index in [0.29, 0.717) is 46.0 Å². The maximum atomic E-state index is 13.8. The van der Waals surface area contributed by atoms with Gasteiger partial charge in [-0.05, 0) is 42.5 Å². The number of carbonyl (C=O) groups excluding carboxylic acids is 1. The molecule has 3 heterocycles. The molecule has 0 saturated heterocycles. The van der Waals surface area contributed by atoms with Crippen LogP contribution in [0.4, 0.5) is 13.2 Å². The number of carbonyl (C=O) groups is 1. The number of halogens is 4. The van der Waals surface area contributed by atoms with Gasteiger partial charge in [-0.15, -0.1) is 0 Å². The van der Waals surface area contributed by atoms with E-state index in [1.807, 2.05) is 0 Å². The molecule has 10 heteroatoms. The van der Waals surface area contributed by atoms with Crippen molar-refractivity contribution in [2.24, 2.45) is 0 Å². The van der Waals surface area contributed by atoms with Crippen LogP contribution < -0.4 is 10.1 Å². The molecule has 166 valence electrons. The smallest absolute Gasteiger partial charge is 0.387 e. The summed E-state index contributed by atoms with van der Waals surface area (Å²) >= 11 is 5.98. The topological polar surface area (TPSA) is 69.0 Å². The van der Waals surface area contributed by atoms with Crippen LogP contribution in [0.15, 0.2) is 60.8 Å². The van der Waals surface area contributed by atoms with Gasteiger partial charge in [0, 0.05) is 29.4 Å². The van der Waals surface area contributed by atoms with Crippen molar-refractivity contribution in [3.8, 4) is 34.1 Å². The van der Waals surface area contributed by atoms with E-state index in [9.17, 15) is 18.0 Å². The summed E-state index contributed by atoms with van der Waals surface area (Å²) in [6.45, 7) is -2.67. The van der Waals surface area contributed by atoms with Crippen LogP contribution in [-0.2, 0) is 6.54 Å². The standard InChI is InChI=1S/C23H14ClF3N4O2/c24-17-9-13(4-5-18(17)25)31-20(12-2-1-3-14(8-12)33-23(26)27)10-19(30-31)21-16-11-29-22(32)15(16)6-7-28-21/h1-10,23H,11H2,(H,29,32). The van der Waals surface area contributed by atoms with Crippen molar-refractivity contribution in [2.45, 2.75) is 13.2 Å². The number of pyridine rings is 1. The minimum absolute atomic E-state index is 0.0255. The Labute approximate surface area is 190 Å². The van der Waals surface area contributed by atoms with Crippen LogP contribution in [0.2, 0.25) is 5.02 Å². The lowest BCUT2D eigenvalue weighted by molar-refractivity contribution is -0.0498. The van der Waals surface area contributed by atoms with E-state index in [0.717, 1.165) is 0 Å². The first kappa shape index (κ1) is 21.0. The van der Waals surface area contributed by atoms with E-state index in [1.165, 1.54) is 41.2 Å². The summed E-state index contributed by atoms with van der Waals surface area (Å²) in [5, 5.41) is 7.30. The Morgan fingerprint density at radius 2 is 1.97 bits per heavy atom. The Kier molecular flexibility index (Phi) is 5.26. The third-order valence-electron chi connectivity index (χ3n) is 5.18. The number of alkyl halides is 2. The first-order valence-corrected chi connectivity index (χ1v) is 10.2. The lowest BCUT2D eigenvalue weighted by atomic mass is 10.1. The molecule has 33 heavy (non-hydrogen) atoms. The maximum Gasteiger partial charge on any atom is 0.387 e. The molecule has 2 aromatic heterocycles. The van der Waals surface area contributed by atoms with Crippen molar-refractivity contribution in [1.82, 2.24) is 20.1 Å². The molecule has 6 nitrogen and oxygen atoms in total. The van der Waals surface area contributed by atoms with Crippen molar-refractivity contribution < 1.29 is 22.7 Å². The van der Waals surface area contributed by atoms with Crippen molar-refractivity contribution in [1.29, 1.82) is 0 Å². The van der Waals surface area contributed by atoms with Crippen LogP contribution in [0, 0.1) is 5.82 Å². The minimum Gasteiger partial charge on any atom is -0.435 e. The van der Waals surface area contributed by atoms with Crippen molar-refractivity contribution in [2.75, 3.05) is 0 Å². The zero-order valence-corrected chi connectivity index (χ0v) is 17.5. The molecule has 1 aliphatic heterocycles. The number of fused-ring (bicyclic) bond motifs is 1. The number of ether oxygens (including phenoxy) is 1. The number of nitrogens with one attached hydrogen (secondary N) is 1. The fourth-order valence-corrected chi connectivity index (χ4v) is 3.89. The molecular weight excluding hydrogens is 457 g/mol. The lowest BCUT2D eigenvalue weighted by Crippen LogP contribution is -2.12. The van der Waals surface area contributed by atoms with E-state index in [1.54, 1.807) is 24.3 Å². The summed E-state index contributed by atoms with van der Waals surface area (Å²) in [6, 6.07) is 13.6. The van der Waals surface area contributed by atoms with Crippen LogP contribution in [0.1, 0.15) is 15.9 Å². The lowest BCUT2D eigenvalue weighted by Gasteiger charge is -2.10. The van der Waals surface area contributed by atoms with Gasteiger partial charge < -0.3 is 10.1 Å². The Bertz CT molecular complexity index is 1390. The highest BCUT2D eigenvalue weighted by Crippen LogP contribution is 2.33. The Balaban J connectivity index is 1.69. The second-order valence-corrected chi connectivity index (χ2v) is 7.61. The van der Waals surface area contributed by atoms with Crippen molar-refractivity contribution >= 4 is 17.5 Å². The van der Waals surface area contributed by atoms with E-state index in [-0.39, 0.29) is 16.7 Å². The molecule has 1 amide bonds.